The summed E-state index contributed by atoms with van der Waals surface area (Å²) in [6.07, 6.45) is 0. The molecule has 0 unspecified atom stereocenters. The molecule has 1 nitrogen and oxygen atoms in total. The Balaban J connectivity index is 1.87. The molecule has 0 radical (unpaired) electrons. The molecule has 0 aliphatic heterocycles. The van der Waals surface area contributed by atoms with Crippen LogP contribution in [0.5, 0.6) is 0 Å². The smallest absolute Gasteiger partial charge is 0.194 e. The molecule has 35 heavy (non-hydrogen) atoms. The predicted molar refractivity (Wildman–Crippen MR) is 148 cm³/mol. The molecule has 0 saturated carbocycles. The topological polar surface area (TPSA) is 17.1 Å². The second-order valence-corrected chi connectivity index (χ2v) is 9.52. The summed E-state index contributed by atoms with van der Waals surface area (Å²) >= 11 is 0. The fourth-order valence-electron chi connectivity index (χ4n) is 5.33. The molecule has 0 atom stereocenters. The molecule has 6 aromatic rings. The maximum atomic E-state index is 14.3. The van der Waals surface area contributed by atoms with Crippen LogP contribution in [0.15, 0.2) is 103 Å². The van der Waals surface area contributed by atoms with Gasteiger partial charge in [-0.3, -0.25) is 4.79 Å². The van der Waals surface area contributed by atoms with Crippen molar-refractivity contribution in [3.05, 3.63) is 131 Å². The third-order valence-corrected chi connectivity index (χ3v) is 7.12. The number of benzene rings is 6. The van der Waals surface area contributed by atoms with Crippen molar-refractivity contribution < 1.29 is 4.79 Å². The van der Waals surface area contributed by atoms with Crippen LogP contribution in [0, 0.1) is 20.8 Å². The number of hydrogen-bond donors (Lipinski definition) is 0. The minimum atomic E-state index is 0.0586. The highest BCUT2D eigenvalue weighted by Crippen LogP contribution is 2.44. The standard InChI is InChI=1S/C34H26O/c1-21-12-16-24(17-13-21)31-32-28-10-6-4-8-26(28)23(3)20-30(32)27-9-5-7-11-29(27)33(31)34(35)25-18-14-22(2)15-19-25/h4-20H,1-3H3. The average molecular weight is 451 g/mol. The normalized spacial score (nSPS) is 11.4. The van der Waals surface area contributed by atoms with Crippen LogP contribution in [0.3, 0.4) is 0 Å². The number of ketones is 1. The molecule has 0 aliphatic rings. The van der Waals surface area contributed by atoms with E-state index < -0.39 is 0 Å². The summed E-state index contributed by atoms with van der Waals surface area (Å²) < 4.78 is 0. The molecule has 0 aliphatic carbocycles. The van der Waals surface area contributed by atoms with Gasteiger partial charge < -0.3 is 0 Å². The van der Waals surface area contributed by atoms with Crippen molar-refractivity contribution >= 4 is 38.1 Å². The van der Waals surface area contributed by atoms with E-state index in [4.69, 9.17) is 0 Å². The molecule has 0 amide bonds. The zero-order valence-corrected chi connectivity index (χ0v) is 20.2. The zero-order chi connectivity index (χ0) is 24.1. The summed E-state index contributed by atoms with van der Waals surface area (Å²) in [6.45, 7) is 6.32. The Hall–Kier alpha value is -4.23. The van der Waals surface area contributed by atoms with Crippen LogP contribution in [0.1, 0.15) is 32.6 Å². The first kappa shape index (κ1) is 21.3. The Morgan fingerprint density at radius 2 is 1.09 bits per heavy atom. The molecule has 168 valence electrons. The fourth-order valence-corrected chi connectivity index (χ4v) is 5.33. The van der Waals surface area contributed by atoms with Crippen LogP contribution in [0.2, 0.25) is 0 Å². The molecule has 0 N–H and O–H groups in total. The monoisotopic (exact) mass is 450 g/mol. The number of hydrogen-bond acceptors (Lipinski definition) is 1. The van der Waals surface area contributed by atoms with E-state index in [1.807, 2.05) is 37.3 Å². The van der Waals surface area contributed by atoms with Crippen LogP contribution in [-0.4, -0.2) is 5.78 Å². The van der Waals surface area contributed by atoms with Gasteiger partial charge in [-0.25, -0.2) is 0 Å². The second-order valence-electron chi connectivity index (χ2n) is 9.52. The highest BCUT2D eigenvalue weighted by Gasteiger charge is 2.23. The highest BCUT2D eigenvalue weighted by atomic mass is 16.1. The van der Waals surface area contributed by atoms with Crippen LogP contribution in [0.4, 0.5) is 0 Å². The lowest BCUT2D eigenvalue weighted by atomic mass is 9.82. The van der Waals surface area contributed by atoms with Crippen molar-refractivity contribution in [3.63, 3.8) is 0 Å². The van der Waals surface area contributed by atoms with E-state index in [1.54, 1.807) is 0 Å². The van der Waals surface area contributed by atoms with Crippen molar-refractivity contribution in [1.82, 2.24) is 0 Å². The van der Waals surface area contributed by atoms with E-state index in [0.29, 0.717) is 5.56 Å². The van der Waals surface area contributed by atoms with Gasteiger partial charge in [0.1, 0.15) is 0 Å². The van der Waals surface area contributed by atoms with Gasteiger partial charge >= 0.3 is 0 Å². The molecular weight excluding hydrogens is 424 g/mol. The molecule has 6 rings (SSSR count). The van der Waals surface area contributed by atoms with Crippen LogP contribution < -0.4 is 0 Å². The second kappa shape index (κ2) is 8.21. The van der Waals surface area contributed by atoms with Crippen molar-refractivity contribution in [3.8, 4) is 11.1 Å². The molecular formula is C34H26O. The summed E-state index contributed by atoms with van der Waals surface area (Å²) in [4.78, 5) is 14.3. The first-order valence-electron chi connectivity index (χ1n) is 12.1. The summed E-state index contributed by atoms with van der Waals surface area (Å²) in [5.74, 6) is 0.0586. The van der Waals surface area contributed by atoms with Gasteiger partial charge in [-0.1, -0.05) is 114 Å². The molecule has 0 bridgehead atoms. The third-order valence-electron chi connectivity index (χ3n) is 7.12. The Labute approximate surface area is 205 Å². The van der Waals surface area contributed by atoms with Crippen LogP contribution >= 0.6 is 0 Å². The lowest BCUT2D eigenvalue weighted by Gasteiger charge is -2.20. The van der Waals surface area contributed by atoms with Gasteiger partial charge in [0.15, 0.2) is 5.78 Å². The number of rotatable bonds is 3. The van der Waals surface area contributed by atoms with E-state index in [2.05, 4.69) is 86.6 Å². The first-order chi connectivity index (χ1) is 17.0. The van der Waals surface area contributed by atoms with Crippen molar-refractivity contribution in [2.24, 2.45) is 0 Å². The van der Waals surface area contributed by atoms with Gasteiger partial charge in [-0.2, -0.15) is 0 Å². The van der Waals surface area contributed by atoms with Crippen molar-refractivity contribution in [2.45, 2.75) is 20.8 Å². The number of aryl methyl sites for hydroxylation is 3. The summed E-state index contributed by atoms with van der Waals surface area (Å²) in [7, 11) is 0. The summed E-state index contributed by atoms with van der Waals surface area (Å²) in [5.41, 5.74) is 7.15. The third kappa shape index (κ3) is 3.43. The number of fused-ring (bicyclic) bond motifs is 5. The van der Waals surface area contributed by atoms with E-state index >= 15 is 0 Å². The molecule has 0 spiro atoms. The lowest BCUT2D eigenvalue weighted by molar-refractivity contribution is 0.104. The Bertz CT molecular complexity index is 1750. The number of carbonyl (C=O) groups is 1. The first-order valence-corrected chi connectivity index (χ1v) is 12.1. The average Bonchev–Trinajstić information content (AvgIpc) is 2.89. The largest absolute Gasteiger partial charge is 0.289 e. The molecule has 0 aromatic heterocycles. The SMILES string of the molecule is Cc1ccc(C(=O)c2c(-c3ccc(C)cc3)c3c4ccccc4c(C)cc3c3ccccc23)cc1. The molecule has 1 heteroatoms. The minimum Gasteiger partial charge on any atom is -0.289 e. The number of carbonyl (C=O) groups excluding carboxylic acids is 1. The van der Waals surface area contributed by atoms with E-state index in [-0.39, 0.29) is 5.78 Å². The quantitative estimate of drug-likeness (QED) is 0.194. The van der Waals surface area contributed by atoms with E-state index in [9.17, 15) is 4.79 Å². The Morgan fingerprint density at radius 3 is 1.74 bits per heavy atom. The minimum absolute atomic E-state index is 0.0586. The summed E-state index contributed by atoms with van der Waals surface area (Å²) in [6, 6.07) is 35.7. The maximum Gasteiger partial charge on any atom is 0.194 e. The van der Waals surface area contributed by atoms with Crippen LogP contribution in [-0.2, 0) is 0 Å². The van der Waals surface area contributed by atoms with Gasteiger partial charge in [-0.15, -0.1) is 0 Å². The molecule has 0 saturated heterocycles. The van der Waals surface area contributed by atoms with Crippen molar-refractivity contribution in [1.29, 1.82) is 0 Å². The van der Waals surface area contributed by atoms with Gasteiger partial charge in [0.2, 0.25) is 0 Å². The van der Waals surface area contributed by atoms with Crippen molar-refractivity contribution in [2.75, 3.05) is 0 Å². The van der Waals surface area contributed by atoms with Gasteiger partial charge in [0, 0.05) is 16.7 Å². The maximum absolute atomic E-state index is 14.3. The van der Waals surface area contributed by atoms with E-state index in [1.165, 1.54) is 27.3 Å². The predicted octanol–water partition coefficient (Wildman–Crippen LogP) is 8.97. The Morgan fingerprint density at radius 1 is 0.543 bits per heavy atom. The van der Waals surface area contributed by atoms with Gasteiger partial charge in [0.25, 0.3) is 0 Å². The zero-order valence-electron chi connectivity index (χ0n) is 20.2. The van der Waals surface area contributed by atoms with Crippen LogP contribution in [0.25, 0.3) is 43.4 Å². The Kier molecular flexibility index (Phi) is 5.00. The van der Waals surface area contributed by atoms with Gasteiger partial charge in [-0.05, 0) is 64.2 Å². The highest BCUT2D eigenvalue weighted by molar-refractivity contribution is 6.32. The van der Waals surface area contributed by atoms with E-state index in [0.717, 1.165) is 38.4 Å². The fraction of sp³-hybridized carbons (Fsp3) is 0.0882. The lowest BCUT2D eigenvalue weighted by Crippen LogP contribution is -2.06. The molecule has 0 fully saturated rings. The molecule has 0 heterocycles. The van der Waals surface area contributed by atoms with Gasteiger partial charge in [0.05, 0.1) is 0 Å². The molecule has 6 aromatic carbocycles. The summed E-state index contributed by atoms with van der Waals surface area (Å²) in [5, 5.41) is 6.84.